The van der Waals surface area contributed by atoms with Gasteiger partial charge >= 0.3 is 5.97 Å². The molecule has 0 spiro atoms. The molecule has 0 aromatic heterocycles. The topological polar surface area (TPSA) is 71.6 Å². The van der Waals surface area contributed by atoms with Crippen LogP contribution in [0.2, 0.25) is 0 Å². The number of hydrogen-bond donors (Lipinski definition) is 1. The summed E-state index contributed by atoms with van der Waals surface area (Å²) in [5.74, 6) is 0.369. The van der Waals surface area contributed by atoms with E-state index in [1.807, 2.05) is 6.92 Å². The Kier molecular flexibility index (Phi) is 3.82. The largest absolute Gasteiger partial charge is 0.459 e. The van der Waals surface area contributed by atoms with E-state index < -0.39 is 11.7 Å². The molecule has 126 valence electrons. The minimum atomic E-state index is -0.520. The summed E-state index contributed by atoms with van der Waals surface area (Å²) in [5, 5.41) is 10.4. The predicted octanol–water partition coefficient (Wildman–Crippen LogP) is 2.05. The molecule has 22 heavy (non-hydrogen) atoms. The highest BCUT2D eigenvalue weighted by molar-refractivity contribution is 5.66. The van der Waals surface area contributed by atoms with Gasteiger partial charge in [-0.2, -0.15) is 0 Å². The number of ether oxygens (including phenoxy) is 3. The second kappa shape index (κ2) is 5.18. The molecule has 0 aromatic carbocycles. The van der Waals surface area contributed by atoms with Crippen molar-refractivity contribution in [3.63, 3.8) is 0 Å². The highest BCUT2D eigenvalue weighted by Gasteiger charge is 2.65. The van der Waals surface area contributed by atoms with Crippen LogP contribution in [0.25, 0.3) is 0 Å². The second-order valence-corrected chi connectivity index (χ2v) is 7.99. The van der Waals surface area contributed by atoms with Gasteiger partial charge in [-0.25, -0.2) is 0 Å². The lowest BCUT2D eigenvalue weighted by molar-refractivity contribution is -0.151. The van der Waals surface area contributed by atoms with Gasteiger partial charge in [0.25, 0.3) is 0 Å². The fourth-order valence-electron chi connectivity index (χ4n) is 4.20. The molecule has 0 unspecified atom stereocenters. The molecule has 1 saturated carbocycles. The number of aliphatic hydroxyl groups excluding tert-OH is 1. The molecule has 3 fully saturated rings. The van der Waals surface area contributed by atoms with E-state index in [9.17, 15) is 9.90 Å². The Morgan fingerprint density at radius 3 is 2.45 bits per heavy atom. The summed E-state index contributed by atoms with van der Waals surface area (Å²) in [5.41, 5.74) is -0.664. The van der Waals surface area contributed by atoms with Crippen molar-refractivity contribution in [1.29, 1.82) is 0 Å². The van der Waals surface area contributed by atoms with Crippen molar-refractivity contribution < 1.29 is 24.1 Å². The van der Waals surface area contributed by atoms with Gasteiger partial charge in [-0.05, 0) is 32.6 Å². The smallest absolute Gasteiger partial charge is 0.303 e. The molecule has 3 rings (SSSR count). The maximum Gasteiger partial charge on any atom is 0.303 e. The van der Waals surface area contributed by atoms with Crippen molar-refractivity contribution in [1.82, 2.24) is 0 Å². The minimum absolute atomic E-state index is 0.0905. The summed E-state index contributed by atoms with van der Waals surface area (Å²) in [4.78, 5) is 11.5. The number of aliphatic hydroxyl groups is 1. The van der Waals surface area contributed by atoms with Gasteiger partial charge in [-0.1, -0.05) is 13.8 Å². The SMILES string of the molecule is CC(=O)O[C@@H]1[C@H](C(C)C)CC[C@@]2(C)O[C@@H]2[C@H](O)C[C@]2(C)O[C@@H]12. The molecule has 0 bridgehead atoms. The van der Waals surface area contributed by atoms with Gasteiger partial charge < -0.3 is 19.3 Å². The average Bonchev–Trinajstić information content (AvgIpc) is 3.23. The Morgan fingerprint density at radius 1 is 1.23 bits per heavy atom. The molecule has 2 saturated heterocycles. The monoisotopic (exact) mass is 312 g/mol. The van der Waals surface area contributed by atoms with Crippen molar-refractivity contribution in [2.24, 2.45) is 11.8 Å². The Labute approximate surface area is 132 Å². The lowest BCUT2D eigenvalue weighted by atomic mass is 9.77. The lowest BCUT2D eigenvalue weighted by Gasteiger charge is -2.31. The van der Waals surface area contributed by atoms with E-state index in [0.29, 0.717) is 12.3 Å². The predicted molar refractivity (Wildman–Crippen MR) is 80.3 cm³/mol. The maximum atomic E-state index is 11.5. The van der Waals surface area contributed by atoms with Gasteiger partial charge in [0.2, 0.25) is 0 Å². The summed E-state index contributed by atoms with van der Waals surface area (Å²) in [7, 11) is 0. The molecule has 3 aliphatic rings. The van der Waals surface area contributed by atoms with E-state index in [2.05, 4.69) is 20.8 Å². The fourth-order valence-corrected chi connectivity index (χ4v) is 4.20. The van der Waals surface area contributed by atoms with Gasteiger partial charge in [0, 0.05) is 19.3 Å². The van der Waals surface area contributed by atoms with Crippen LogP contribution in [0.15, 0.2) is 0 Å². The van der Waals surface area contributed by atoms with E-state index in [4.69, 9.17) is 14.2 Å². The fraction of sp³-hybridized carbons (Fsp3) is 0.941. The average molecular weight is 312 g/mol. The highest BCUT2D eigenvalue weighted by atomic mass is 16.6. The molecule has 7 atom stereocenters. The van der Waals surface area contributed by atoms with Crippen LogP contribution in [-0.4, -0.2) is 46.7 Å². The number of carbonyl (C=O) groups excluding carboxylic acids is 1. The Bertz CT molecular complexity index is 464. The third-order valence-corrected chi connectivity index (χ3v) is 5.70. The third kappa shape index (κ3) is 2.79. The molecule has 5 nitrogen and oxygen atoms in total. The van der Waals surface area contributed by atoms with E-state index >= 15 is 0 Å². The van der Waals surface area contributed by atoms with Crippen molar-refractivity contribution in [2.75, 3.05) is 0 Å². The van der Waals surface area contributed by atoms with Crippen LogP contribution in [0, 0.1) is 11.8 Å². The first-order valence-corrected chi connectivity index (χ1v) is 8.37. The summed E-state index contributed by atoms with van der Waals surface area (Å²) in [6, 6.07) is 0. The van der Waals surface area contributed by atoms with Crippen molar-refractivity contribution >= 4 is 5.97 Å². The first-order valence-electron chi connectivity index (χ1n) is 8.37. The van der Waals surface area contributed by atoms with Crippen LogP contribution in [0.1, 0.15) is 53.9 Å². The first kappa shape index (κ1) is 16.2. The van der Waals surface area contributed by atoms with E-state index in [-0.39, 0.29) is 35.8 Å². The number of carbonyl (C=O) groups is 1. The molecule has 0 radical (unpaired) electrons. The van der Waals surface area contributed by atoms with Gasteiger partial charge in [0.05, 0.1) is 17.3 Å². The Morgan fingerprint density at radius 2 is 1.86 bits per heavy atom. The van der Waals surface area contributed by atoms with Crippen LogP contribution >= 0.6 is 0 Å². The van der Waals surface area contributed by atoms with Crippen LogP contribution in [0.3, 0.4) is 0 Å². The van der Waals surface area contributed by atoms with Crippen LogP contribution in [0.5, 0.6) is 0 Å². The van der Waals surface area contributed by atoms with Gasteiger partial charge in [-0.15, -0.1) is 0 Å². The summed E-state index contributed by atoms with van der Waals surface area (Å²) in [6.45, 7) is 9.83. The van der Waals surface area contributed by atoms with Crippen molar-refractivity contribution in [2.45, 2.75) is 89.5 Å². The van der Waals surface area contributed by atoms with Crippen LogP contribution in [-0.2, 0) is 19.0 Å². The van der Waals surface area contributed by atoms with Crippen LogP contribution < -0.4 is 0 Å². The van der Waals surface area contributed by atoms with Crippen molar-refractivity contribution in [3.8, 4) is 0 Å². The minimum Gasteiger partial charge on any atom is -0.459 e. The van der Waals surface area contributed by atoms with Crippen molar-refractivity contribution in [3.05, 3.63) is 0 Å². The second-order valence-electron chi connectivity index (χ2n) is 7.99. The molecule has 1 aliphatic carbocycles. The number of fused-ring (bicyclic) bond motifs is 2. The molecule has 2 aliphatic heterocycles. The number of epoxide rings is 2. The zero-order chi connectivity index (χ0) is 16.3. The quantitative estimate of drug-likeness (QED) is 0.624. The number of rotatable bonds is 2. The van der Waals surface area contributed by atoms with Gasteiger partial charge in [0.1, 0.15) is 18.3 Å². The highest BCUT2D eigenvalue weighted by Crippen LogP contribution is 2.53. The van der Waals surface area contributed by atoms with E-state index in [1.165, 1.54) is 6.92 Å². The summed E-state index contributed by atoms with van der Waals surface area (Å²) in [6.07, 6.45) is 1.33. The van der Waals surface area contributed by atoms with E-state index in [1.54, 1.807) is 0 Å². The molecular weight excluding hydrogens is 284 g/mol. The summed E-state index contributed by atoms with van der Waals surface area (Å²) < 4.78 is 17.3. The molecular formula is C17H28O5. The number of esters is 1. The normalized spacial score (nSPS) is 50.8. The van der Waals surface area contributed by atoms with Crippen LogP contribution in [0.4, 0.5) is 0 Å². The standard InChI is InChI=1S/C17H28O5/c1-9(2)11-6-7-16(4)14(21-16)12(19)8-17(5)15(22-17)13(11)20-10(3)18/h9,11-15,19H,6-8H2,1-5H3/t11-,12+,13+,14+,15-,16+,17-/m0/s1. The molecule has 1 N–H and O–H groups in total. The van der Waals surface area contributed by atoms with E-state index in [0.717, 1.165) is 12.8 Å². The molecule has 5 heteroatoms. The lowest BCUT2D eigenvalue weighted by Crippen LogP contribution is -2.40. The van der Waals surface area contributed by atoms with Gasteiger partial charge in [0.15, 0.2) is 0 Å². The Hall–Kier alpha value is -0.650. The zero-order valence-corrected chi connectivity index (χ0v) is 14.2. The van der Waals surface area contributed by atoms with Gasteiger partial charge in [-0.3, -0.25) is 4.79 Å². The molecule has 2 heterocycles. The molecule has 0 amide bonds. The maximum absolute atomic E-state index is 11.5. The number of hydrogen-bond acceptors (Lipinski definition) is 5. The zero-order valence-electron chi connectivity index (χ0n) is 14.2. The molecule has 0 aromatic rings. The Balaban J connectivity index is 1.85. The first-order chi connectivity index (χ1) is 10.2. The third-order valence-electron chi connectivity index (χ3n) is 5.70. The summed E-state index contributed by atoms with van der Waals surface area (Å²) >= 11 is 0.